The molecule has 1 aromatic heterocycles. The highest BCUT2D eigenvalue weighted by molar-refractivity contribution is 6.11. The topological polar surface area (TPSA) is 52.9 Å². The van der Waals surface area contributed by atoms with Gasteiger partial charge >= 0.3 is 0 Å². The second-order valence-electron chi connectivity index (χ2n) is 5.66. The molecule has 3 aliphatic heterocycles. The third-order valence-corrected chi connectivity index (χ3v) is 3.79. The Morgan fingerprint density at radius 3 is 2.08 bits per heavy atom. The summed E-state index contributed by atoms with van der Waals surface area (Å²) in [6, 6.07) is 4.00. The predicted molar refractivity (Wildman–Crippen MR) is 106 cm³/mol. The Labute approximate surface area is 146 Å². The smallest absolute Gasteiger partial charge is 0.0659 e. The molecule has 0 amide bonds. The number of aliphatic imine (C=N–C) groups is 3. The van der Waals surface area contributed by atoms with E-state index in [0.29, 0.717) is 0 Å². The molecule has 0 atom stereocenters. The van der Waals surface area contributed by atoms with Gasteiger partial charge in [0.05, 0.1) is 28.5 Å². The number of rotatable bonds is 4. The standard InChI is InChI=1S/C21H16N4/c1-2-15-5-6-18(23-15)13-19-9-10-21(25-19)14-20-8-7-17(24-20)12-16-4-3-11-22-16/h2-14,23H,1H2. The summed E-state index contributed by atoms with van der Waals surface area (Å²) in [5.74, 6) is 0. The number of aromatic amines is 1. The van der Waals surface area contributed by atoms with Crippen molar-refractivity contribution in [2.45, 2.75) is 0 Å². The Morgan fingerprint density at radius 2 is 1.44 bits per heavy atom. The fourth-order valence-corrected chi connectivity index (χ4v) is 2.60. The number of nitrogens with one attached hydrogen (secondary N) is 1. The maximum atomic E-state index is 4.60. The molecular weight excluding hydrogens is 308 g/mol. The van der Waals surface area contributed by atoms with E-state index in [9.17, 15) is 0 Å². The molecule has 4 heteroatoms. The Bertz CT molecular complexity index is 984. The number of aromatic nitrogens is 1. The van der Waals surface area contributed by atoms with E-state index in [2.05, 4.69) is 26.5 Å². The first-order valence-corrected chi connectivity index (χ1v) is 7.99. The molecule has 25 heavy (non-hydrogen) atoms. The summed E-state index contributed by atoms with van der Waals surface area (Å²) in [6.45, 7) is 3.75. The molecule has 0 saturated heterocycles. The van der Waals surface area contributed by atoms with Crippen molar-refractivity contribution in [3.05, 3.63) is 95.8 Å². The molecular formula is C21H16N4. The lowest BCUT2D eigenvalue weighted by molar-refractivity contribution is 1.33. The van der Waals surface area contributed by atoms with Gasteiger partial charge in [0.2, 0.25) is 0 Å². The van der Waals surface area contributed by atoms with Gasteiger partial charge in [-0.15, -0.1) is 0 Å². The van der Waals surface area contributed by atoms with Crippen molar-refractivity contribution in [2.75, 3.05) is 0 Å². The lowest BCUT2D eigenvalue weighted by Gasteiger charge is -1.92. The minimum absolute atomic E-state index is 0.885. The first-order valence-electron chi connectivity index (χ1n) is 7.99. The van der Waals surface area contributed by atoms with Gasteiger partial charge in [-0.1, -0.05) is 6.58 Å². The zero-order chi connectivity index (χ0) is 17.1. The van der Waals surface area contributed by atoms with Gasteiger partial charge in [-0.25, -0.2) is 9.98 Å². The van der Waals surface area contributed by atoms with Crippen LogP contribution in [-0.2, 0) is 0 Å². The molecule has 0 fully saturated rings. The lowest BCUT2D eigenvalue weighted by atomic mass is 10.2. The van der Waals surface area contributed by atoms with E-state index in [1.54, 1.807) is 12.3 Å². The van der Waals surface area contributed by atoms with Crippen molar-refractivity contribution < 1.29 is 0 Å². The largest absolute Gasteiger partial charge is 0.355 e. The normalized spacial score (nSPS) is 22.6. The number of H-pyrrole nitrogens is 1. The van der Waals surface area contributed by atoms with E-state index in [0.717, 1.165) is 39.9 Å². The molecule has 4 rings (SSSR count). The monoisotopic (exact) mass is 324 g/mol. The van der Waals surface area contributed by atoms with Crippen LogP contribution in [0, 0.1) is 0 Å². The summed E-state index contributed by atoms with van der Waals surface area (Å²) in [6.07, 6.45) is 21.3. The Kier molecular flexibility index (Phi) is 3.92. The third-order valence-electron chi connectivity index (χ3n) is 3.79. The molecule has 4 heterocycles. The summed E-state index contributed by atoms with van der Waals surface area (Å²) in [5.41, 5.74) is 6.49. The predicted octanol–water partition coefficient (Wildman–Crippen LogP) is 4.43. The molecule has 0 aromatic carbocycles. The van der Waals surface area contributed by atoms with E-state index in [1.807, 2.05) is 66.8 Å². The summed E-state index contributed by atoms with van der Waals surface area (Å²) in [4.78, 5) is 16.6. The van der Waals surface area contributed by atoms with Crippen LogP contribution in [0.15, 0.2) is 99.4 Å². The van der Waals surface area contributed by atoms with Crippen molar-refractivity contribution in [1.29, 1.82) is 0 Å². The second-order valence-corrected chi connectivity index (χ2v) is 5.66. The Balaban J connectivity index is 1.50. The van der Waals surface area contributed by atoms with Crippen LogP contribution < -0.4 is 0 Å². The molecule has 0 radical (unpaired) electrons. The van der Waals surface area contributed by atoms with Crippen molar-refractivity contribution in [3.63, 3.8) is 0 Å². The average Bonchev–Trinajstić information content (AvgIpc) is 3.38. The summed E-state index contributed by atoms with van der Waals surface area (Å²) in [5, 5.41) is 0. The van der Waals surface area contributed by atoms with Crippen LogP contribution in [0.1, 0.15) is 11.4 Å². The molecule has 1 N–H and O–H groups in total. The molecule has 1 aromatic rings. The fourth-order valence-electron chi connectivity index (χ4n) is 2.60. The number of allylic oxidation sites excluding steroid dienone is 8. The van der Waals surface area contributed by atoms with Gasteiger partial charge in [0.15, 0.2) is 0 Å². The zero-order valence-electron chi connectivity index (χ0n) is 13.6. The highest BCUT2D eigenvalue weighted by Gasteiger charge is 2.07. The maximum absolute atomic E-state index is 4.60. The minimum Gasteiger partial charge on any atom is -0.355 e. The number of nitrogens with zero attached hydrogens (tertiary/aromatic N) is 3. The second kappa shape index (κ2) is 6.53. The molecule has 0 spiro atoms. The molecule has 120 valence electrons. The van der Waals surface area contributed by atoms with E-state index in [1.165, 1.54) is 0 Å². The highest BCUT2D eigenvalue weighted by atomic mass is 14.8. The average molecular weight is 324 g/mol. The van der Waals surface area contributed by atoms with Gasteiger partial charge in [-0.3, -0.25) is 4.99 Å². The van der Waals surface area contributed by atoms with E-state index < -0.39 is 0 Å². The molecule has 4 nitrogen and oxygen atoms in total. The van der Waals surface area contributed by atoms with E-state index in [4.69, 9.17) is 0 Å². The van der Waals surface area contributed by atoms with Gasteiger partial charge in [0, 0.05) is 17.6 Å². The van der Waals surface area contributed by atoms with Crippen LogP contribution in [0.3, 0.4) is 0 Å². The van der Waals surface area contributed by atoms with Crippen molar-refractivity contribution in [1.82, 2.24) is 4.98 Å². The maximum Gasteiger partial charge on any atom is 0.0659 e. The summed E-state index contributed by atoms with van der Waals surface area (Å²) >= 11 is 0. The first-order chi connectivity index (χ1) is 12.3. The van der Waals surface area contributed by atoms with Crippen molar-refractivity contribution in [2.24, 2.45) is 15.0 Å². The minimum atomic E-state index is 0.885. The zero-order valence-corrected chi connectivity index (χ0v) is 13.6. The van der Waals surface area contributed by atoms with E-state index >= 15 is 0 Å². The first kappa shape index (κ1) is 15.0. The Morgan fingerprint density at radius 1 is 0.760 bits per heavy atom. The SMILES string of the molecule is C=Cc1ccc(C=C2C=CC(C=C3C=CC(C=C4C=CC=N4)=N3)=N2)[nH]1. The van der Waals surface area contributed by atoms with E-state index in [-0.39, 0.29) is 0 Å². The molecule has 0 aliphatic carbocycles. The molecule has 0 saturated carbocycles. The highest BCUT2D eigenvalue weighted by Crippen LogP contribution is 2.18. The van der Waals surface area contributed by atoms with Crippen LogP contribution in [0.25, 0.3) is 12.2 Å². The lowest BCUT2D eigenvalue weighted by Crippen LogP contribution is -1.86. The van der Waals surface area contributed by atoms with Gasteiger partial charge < -0.3 is 4.98 Å². The molecule has 3 aliphatic rings. The summed E-state index contributed by atoms with van der Waals surface area (Å²) < 4.78 is 0. The van der Waals surface area contributed by atoms with Crippen molar-refractivity contribution in [3.8, 4) is 0 Å². The van der Waals surface area contributed by atoms with Gasteiger partial charge in [-0.2, -0.15) is 0 Å². The van der Waals surface area contributed by atoms with Crippen LogP contribution in [0.2, 0.25) is 0 Å². The third kappa shape index (κ3) is 3.53. The Hall–Kier alpha value is -3.53. The van der Waals surface area contributed by atoms with Crippen LogP contribution >= 0.6 is 0 Å². The van der Waals surface area contributed by atoms with Crippen molar-refractivity contribution >= 4 is 29.8 Å². The fraction of sp³-hybridized carbons (Fsp3) is 0. The van der Waals surface area contributed by atoms with Gasteiger partial charge in [0.1, 0.15) is 0 Å². The van der Waals surface area contributed by atoms with Gasteiger partial charge in [0.25, 0.3) is 0 Å². The van der Waals surface area contributed by atoms with Crippen LogP contribution in [0.5, 0.6) is 0 Å². The summed E-state index contributed by atoms with van der Waals surface area (Å²) in [7, 11) is 0. The van der Waals surface area contributed by atoms with Crippen LogP contribution in [-0.4, -0.2) is 22.6 Å². The number of hydrogen-bond donors (Lipinski definition) is 1. The van der Waals surface area contributed by atoms with Crippen LogP contribution in [0.4, 0.5) is 0 Å². The molecule has 0 bridgehead atoms. The number of hydrogen-bond acceptors (Lipinski definition) is 3. The van der Waals surface area contributed by atoms with Gasteiger partial charge in [-0.05, 0) is 72.9 Å². The quantitative estimate of drug-likeness (QED) is 0.852. The molecule has 0 unspecified atom stereocenters.